The maximum Gasteiger partial charge on any atom is 0.297 e. The van der Waals surface area contributed by atoms with Crippen LogP contribution in [0.3, 0.4) is 0 Å². The van der Waals surface area contributed by atoms with Crippen LogP contribution in [0, 0.1) is 6.92 Å². The monoisotopic (exact) mass is 433 g/mol. The molecular formula is C27H23N5O. The van der Waals surface area contributed by atoms with E-state index in [1.54, 1.807) is 10.9 Å². The van der Waals surface area contributed by atoms with E-state index in [1.165, 1.54) is 0 Å². The van der Waals surface area contributed by atoms with Crippen molar-refractivity contribution in [3.05, 3.63) is 119 Å². The van der Waals surface area contributed by atoms with E-state index in [9.17, 15) is 4.79 Å². The lowest BCUT2D eigenvalue weighted by atomic mass is 10.1. The summed E-state index contributed by atoms with van der Waals surface area (Å²) >= 11 is 0. The molecule has 0 saturated heterocycles. The van der Waals surface area contributed by atoms with Gasteiger partial charge in [-0.05, 0) is 36.8 Å². The van der Waals surface area contributed by atoms with Crippen LogP contribution in [0.5, 0.6) is 0 Å². The summed E-state index contributed by atoms with van der Waals surface area (Å²) in [5, 5.41) is 4.77. The van der Waals surface area contributed by atoms with E-state index in [-0.39, 0.29) is 5.56 Å². The fraction of sp³-hybridized carbons (Fsp3) is 0.0741. The fourth-order valence-electron chi connectivity index (χ4n) is 3.86. The Labute approximate surface area is 191 Å². The van der Waals surface area contributed by atoms with Crippen LogP contribution in [0.15, 0.2) is 107 Å². The Balaban J connectivity index is 1.61. The molecule has 2 aromatic heterocycles. The van der Waals surface area contributed by atoms with Crippen LogP contribution in [-0.2, 0) is 7.05 Å². The molecule has 162 valence electrons. The van der Waals surface area contributed by atoms with Crippen molar-refractivity contribution in [1.82, 2.24) is 19.1 Å². The van der Waals surface area contributed by atoms with Crippen LogP contribution in [0.25, 0.3) is 22.5 Å². The maximum absolute atomic E-state index is 13.2. The van der Waals surface area contributed by atoms with Crippen LogP contribution in [-0.4, -0.2) is 25.4 Å². The van der Waals surface area contributed by atoms with Gasteiger partial charge in [-0.25, -0.2) is 14.4 Å². The molecule has 0 saturated carbocycles. The van der Waals surface area contributed by atoms with Crippen LogP contribution in [0.2, 0.25) is 0 Å². The molecule has 0 spiro atoms. The van der Waals surface area contributed by atoms with E-state index in [0.717, 1.165) is 28.2 Å². The zero-order chi connectivity index (χ0) is 22.8. The van der Waals surface area contributed by atoms with Gasteiger partial charge in [0.1, 0.15) is 5.69 Å². The second-order valence-corrected chi connectivity index (χ2v) is 7.74. The average Bonchev–Trinajstić information content (AvgIpc) is 3.38. The Morgan fingerprint density at radius 2 is 1.39 bits per heavy atom. The number of para-hydroxylation sites is 2. The molecule has 0 aliphatic carbocycles. The van der Waals surface area contributed by atoms with Crippen molar-refractivity contribution in [2.75, 3.05) is 0 Å². The van der Waals surface area contributed by atoms with E-state index in [4.69, 9.17) is 5.10 Å². The topological polar surface area (TPSA) is 57.1 Å². The number of hydrogen-bond acceptors (Lipinski definition) is 3. The van der Waals surface area contributed by atoms with Gasteiger partial charge in [0.15, 0.2) is 5.69 Å². The molecule has 5 rings (SSSR count). The third-order valence-corrected chi connectivity index (χ3v) is 5.69. The zero-order valence-corrected chi connectivity index (χ0v) is 18.5. The van der Waals surface area contributed by atoms with Gasteiger partial charge in [-0.2, -0.15) is 5.10 Å². The van der Waals surface area contributed by atoms with Crippen molar-refractivity contribution in [2.24, 2.45) is 12.0 Å². The molecule has 6 nitrogen and oxygen atoms in total. The highest BCUT2D eigenvalue weighted by Gasteiger charge is 2.16. The lowest BCUT2D eigenvalue weighted by Gasteiger charge is -2.07. The third kappa shape index (κ3) is 3.83. The Bertz CT molecular complexity index is 1480. The first-order valence-electron chi connectivity index (χ1n) is 10.7. The van der Waals surface area contributed by atoms with Gasteiger partial charge in [-0.1, -0.05) is 66.7 Å². The number of aliphatic imine (C=N–C) groups is 1. The van der Waals surface area contributed by atoms with Gasteiger partial charge in [-0.3, -0.25) is 9.48 Å². The number of rotatable bonds is 5. The molecule has 0 N–H and O–H groups in total. The SMILES string of the molecule is Cc1c(N=Cc2nn(-c3ccccc3)cc2-c2ccccc2)c(=O)n(-c2ccccc2)n1C. The summed E-state index contributed by atoms with van der Waals surface area (Å²) in [7, 11) is 1.86. The second kappa shape index (κ2) is 8.59. The summed E-state index contributed by atoms with van der Waals surface area (Å²) < 4.78 is 5.29. The van der Waals surface area contributed by atoms with Gasteiger partial charge in [0.05, 0.1) is 23.3 Å². The minimum Gasteiger partial charge on any atom is -0.283 e. The molecule has 0 aliphatic heterocycles. The van der Waals surface area contributed by atoms with E-state index >= 15 is 0 Å². The Kier molecular flexibility index (Phi) is 5.32. The number of benzene rings is 3. The van der Waals surface area contributed by atoms with Gasteiger partial charge in [0.2, 0.25) is 0 Å². The maximum atomic E-state index is 13.2. The normalized spacial score (nSPS) is 11.3. The highest BCUT2D eigenvalue weighted by molar-refractivity contribution is 5.89. The molecule has 6 heteroatoms. The molecule has 0 unspecified atom stereocenters. The predicted molar refractivity (Wildman–Crippen MR) is 132 cm³/mol. The third-order valence-electron chi connectivity index (χ3n) is 5.69. The average molecular weight is 434 g/mol. The molecule has 5 aromatic rings. The summed E-state index contributed by atoms with van der Waals surface area (Å²) in [4.78, 5) is 17.8. The van der Waals surface area contributed by atoms with Gasteiger partial charge < -0.3 is 0 Å². The van der Waals surface area contributed by atoms with Crippen LogP contribution in [0.4, 0.5) is 5.69 Å². The van der Waals surface area contributed by atoms with Crippen LogP contribution < -0.4 is 5.56 Å². The summed E-state index contributed by atoms with van der Waals surface area (Å²) in [6.07, 6.45) is 3.67. The smallest absolute Gasteiger partial charge is 0.283 e. The van der Waals surface area contributed by atoms with E-state index < -0.39 is 0 Å². The molecule has 0 radical (unpaired) electrons. The van der Waals surface area contributed by atoms with Crippen molar-refractivity contribution in [1.29, 1.82) is 0 Å². The highest BCUT2D eigenvalue weighted by atomic mass is 16.1. The Morgan fingerprint density at radius 1 is 0.818 bits per heavy atom. The second-order valence-electron chi connectivity index (χ2n) is 7.74. The summed E-state index contributed by atoms with van der Waals surface area (Å²) in [6, 6.07) is 29.6. The van der Waals surface area contributed by atoms with Gasteiger partial charge in [-0.15, -0.1) is 0 Å². The predicted octanol–water partition coefficient (Wildman–Crippen LogP) is 5.09. The van der Waals surface area contributed by atoms with Gasteiger partial charge in [0.25, 0.3) is 5.56 Å². The van der Waals surface area contributed by atoms with E-state index in [1.807, 2.05) is 121 Å². The molecule has 0 atom stereocenters. The van der Waals surface area contributed by atoms with E-state index in [0.29, 0.717) is 11.4 Å². The molecule has 3 aromatic carbocycles. The number of aromatic nitrogens is 4. The van der Waals surface area contributed by atoms with Gasteiger partial charge >= 0.3 is 0 Å². The largest absolute Gasteiger partial charge is 0.297 e. The first-order valence-corrected chi connectivity index (χ1v) is 10.7. The molecule has 0 fully saturated rings. The Hall–Kier alpha value is -4.45. The van der Waals surface area contributed by atoms with E-state index in [2.05, 4.69) is 4.99 Å². The lowest BCUT2D eigenvalue weighted by molar-refractivity contribution is 0.630. The standard InChI is InChI=1S/C27H23N5O/c1-20-26(27(33)32(30(20)2)23-16-10-5-11-17-23)28-18-25-24(21-12-6-3-7-13-21)19-31(29-25)22-14-8-4-9-15-22/h3-19H,1-2H3. The van der Waals surface area contributed by atoms with Crippen molar-refractivity contribution in [2.45, 2.75) is 6.92 Å². The Morgan fingerprint density at radius 3 is 2.03 bits per heavy atom. The first kappa shape index (κ1) is 20.5. The quantitative estimate of drug-likeness (QED) is 0.363. The van der Waals surface area contributed by atoms with Crippen molar-refractivity contribution in [3.63, 3.8) is 0 Å². The van der Waals surface area contributed by atoms with Crippen LogP contribution >= 0.6 is 0 Å². The minimum absolute atomic E-state index is 0.166. The lowest BCUT2D eigenvalue weighted by Crippen LogP contribution is -2.19. The molecule has 0 amide bonds. The van der Waals surface area contributed by atoms with Crippen molar-refractivity contribution < 1.29 is 0 Å². The fourth-order valence-corrected chi connectivity index (χ4v) is 3.86. The van der Waals surface area contributed by atoms with Crippen molar-refractivity contribution in [3.8, 4) is 22.5 Å². The highest BCUT2D eigenvalue weighted by Crippen LogP contribution is 2.24. The summed E-state index contributed by atoms with van der Waals surface area (Å²) in [5.41, 5.74) is 5.44. The molecule has 2 heterocycles. The molecule has 0 bridgehead atoms. The number of nitrogens with zero attached hydrogens (tertiary/aromatic N) is 5. The van der Waals surface area contributed by atoms with Crippen molar-refractivity contribution >= 4 is 11.9 Å². The first-order chi connectivity index (χ1) is 16.1. The summed E-state index contributed by atoms with van der Waals surface area (Å²) in [6.45, 7) is 1.90. The molecule has 0 aliphatic rings. The number of hydrogen-bond donors (Lipinski definition) is 0. The van der Waals surface area contributed by atoms with Crippen LogP contribution in [0.1, 0.15) is 11.4 Å². The zero-order valence-electron chi connectivity index (χ0n) is 18.5. The molecule has 33 heavy (non-hydrogen) atoms. The summed E-state index contributed by atoms with van der Waals surface area (Å²) in [5.74, 6) is 0. The molecular weight excluding hydrogens is 410 g/mol. The minimum atomic E-state index is -0.166. The van der Waals surface area contributed by atoms with Gasteiger partial charge in [0, 0.05) is 18.8 Å².